The predicted molar refractivity (Wildman–Crippen MR) is 94.7 cm³/mol. The number of hydrogen-bond donors (Lipinski definition) is 0. The number of hydrogen-bond acceptors (Lipinski definition) is 4. The van der Waals surface area contributed by atoms with Gasteiger partial charge in [0, 0.05) is 18.3 Å². The maximum Gasteiger partial charge on any atom is 0.471 e. The van der Waals surface area contributed by atoms with Crippen LogP contribution in [0.3, 0.4) is 0 Å². The average Bonchev–Trinajstić information content (AvgIpc) is 3.32. The van der Waals surface area contributed by atoms with Gasteiger partial charge < -0.3 is 9.64 Å². The molecule has 0 spiro atoms. The fourth-order valence-electron chi connectivity index (χ4n) is 3.58. The van der Waals surface area contributed by atoms with E-state index in [1.54, 1.807) is 19.4 Å². The number of likely N-dealkylation sites (tertiary alicyclic amines) is 1. The number of alkyl halides is 3. The van der Waals surface area contributed by atoms with Crippen LogP contribution in [-0.2, 0) is 4.79 Å². The van der Waals surface area contributed by atoms with Gasteiger partial charge >= 0.3 is 12.1 Å². The van der Waals surface area contributed by atoms with Crippen LogP contribution in [0, 0.1) is 0 Å². The van der Waals surface area contributed by atoms with Crippen LogP contribution >= 0.6 is 0 Å². The number of nitrogens with zero attached hydrogens (tertiary/aromatic N) is 4. The zero-order chi connectivity index (χ0) is 19.9. The lowest BCUT2D eigenvalue weighted by Gasteiger charge is -2.24. The van der Waals surface area contributed by atoms with Gasteiger partial charge in [-0.2, -0.15) is 13.2 Å². The van der Waals surface area contributed by atoms with E-state index in [0.29, 0.717) is 29.8 Å². The van der Waals surface area contributed by atoms with Crippen LogP contribution in [0.4, 0.5) is 13.2 Å². The summed E-state index contributed by atoms with van der Waals surface area (Å²) in [5, 5.41) is 8.15. The Morgan fingerprint density at radius 2 is 2.04 bits per heavy atom. The van der Waals surface area contributed by atoms with Crippen molar-refractivity contribution in [3.8, 4) is 16.9 Å². The minimum atomic E-state index is -4.90. The van der Waals surface area contributed by atoms with Gasteiger partial charge in [-0.15, -0.1) is 5.10 Å². The largest absolute Gasteiger partial charge is 0.497 e. The second kappa shape index (κ2) is 6.81. The maximum absolute atomic E-state index is 12.9. The first kappa shape index (κ1) is 18.3. The fraction of sp³-hybridized carbons (Fsp3) is 0.316. The van der Waals surface area contributed by atoms with Gasteiger partial charge in [-0.05, 0) is 36.6 Å². The molecular weight excluding hydrogens is 373 g/mol. The van der Waals surface area contributed by atoms with Crippen molar-refractivity contribution in [3.05, 3.63) is 48.3 Å². The van der Waals surface area contributed by atoms with Gasteiger partial charge in [0.25, 0.3) is 0 Å². The van der Waals surface area contributed by atoms with E-state index < -0.39 is 18.1 Å². The average molecular weight is 390 g/mol. The van der Waals surface area contributed by atoms with Crippen molar-refractivity contribution in [2.75, 3.05) is 13.7 Å². The Balaban J connectivity index is 1.69. The predicted octanol–water partition coefficient (Wildman–Crippen LogP) is 3.63. The smallest absolute Gasteiger partial charge is 0.471 e. The van der Waals surface area contributed by atoms with E-state index in [9.17, 15) is 18.0 Å². The number of fused-ring (bicyclic) bond motifs is 1. The molecule has 1 atom stereocenters. The van der Waals surface area contributed by atoms with Crippen LogP contribution in [-0.4, -0.2) is 45.5 Å². The summed E-state index contributed by atoms with van der Waals surface area (Å²) in [4.78, 5) is 12.6. The van der Waals surface area contributed by atoms with Crippen molar-refractivity contribution in [2.45, 2.75) is 25.1 Å². The number of carbonyl (C=O) groups is 1. The van der Waals surface area contributed by atoms with Gasteiger partial charge in [0.1, 0.15) is 11.4 Å². The van der Waals surface area contributed by atoms with E-state index in [-0.39, 0.29) is 6.54 Å². The molecule has 1 aliphatic rings. The molecule has 1 aromatic carbocycles. The maximum atomic E-state index is 12.9. The molecule has 6 nitrogen and oxygen atoms in total. The standard InChI is InChI=1S/C19H17F3N4O2/c1-28-14-5-2-4-12(10-14)13-7-8-16-17(23-24-26(16)11-13)15-6-3-9-25(15)18(27)19(20,21)22/h2,4-5,7-8,10-11,15H,3,6,9H2,1H3. The summed E-state index contributed by atoms with van der Waals surface area (Å²) in [6, 6.07) is 10.4. The molecule has 1 amide bonds. The molecule has 1 unspecified atom stereocenters. The molecule has 146 valence electrons. The summed E-state index contributed by atoms with van der Waals surface area (Å²) in [6.07, 6.45) is -2.22. The molecule has 0 radical (unpaired) electrons. The Bertz CT molecular complexity index is 1030. The number of benzene rings is 1. The van der Waals surface area contributed by atoms with Crippen molar-refractivity contribution in [2.24, 2.45) is 0 Å². The molecule has 28 heavy (non-hydrogen) atoms. The molecule has 4 rings (SSSR count). The summed E-state index contributed by atoms with van der Waals surface area (Å²) in [5.74, 6) is -1.12. The van der Waals surface area contributed by atoms with Gasteiger partial charge in [0.15, 0.2) is 0 Å². The van der Waals surface area contributed by atoms with Gasteiger partial charge in [-0.1, -0.05) is 23.4 Å². The quantitative estimate of drug-likeness (QED) is 0.685. The third kappa shape index (κ3) is 3.17. The molecule has 1 saturated heterocycles. The summed E-state index contributed by atoms with van der Waals surface area (Å²) in [7, 11) is 1.58. The lowest BCUT2D eigenvalue weighted by atomic mass is 10.1. The van der Waals surface area contributed by atoms with Gasteiger partial charge in [0.2, 0.25) is 0 Å². The zero-order valence-electron chi connectivity index (χ0n) is 15.0. The Labute approximate surface area is 158 Å². The Morgan fingerprint density at radius 1 is 1.21 bits per heavy atom. The molecule has 9 heteroatoms. The minimum Gasteiger partial charge on any atom is -0.497 e. The van der Waals surface area contributed by atoms with Crippen LogP contribution in [0.2, 0.25) is 0 Å². The van der Waals surface area contributed by atoms with Gasteiger partial charge in [-0.3, -0.25) is 4.79 Å². The van der Waals surface area contributed by atoms with E-state index in [4.69, 9.17) is 4.74 Å². The zero-order valence-corrected chi connectivity index (χ0v) is 15.0. The number of halogens is 3. The molecule has 1 aliphatic heterocycles. The highest BCUT2D eigenvalue weighted by atomic mass is 19.4. The minimum absolute atomic E-state index is 0.0594. The number of amides is 1. The van der Waals surface area contributed by atoms with Crippen molar-refractivity contribution in [1.82, 2.24) is 19.7 Å². The van der Waals surface area contributed by atoms with Crippen molar-refractivity contribution < 1.29 is 22.7 Å². The van der Waals surface area contributed by atoms with Gasteiger partial charge in [0.05, 0.1) is 18.7 Å². The van der Waals surface area contributed by atoms with Crippen LogP contribution in [0.15, 0.2) is 42.6 Å². The van der Waals surface area contributed by atoms with E-state index >= 15 is 0 Å². The highest BCUT2D eigenvalue weighted by molar-refractivity contribution is 5.83. The summed E-state index contributed by atoms with van der Waals surface area (Å²) < 4.78 is 45.4. The summed E-state index contributed by atoms with van der Waals surface area (Å²) in [6.45, 7) is 0.0594. The van der Waals surface area contributed by atoms with Crippen molar-refractivity contribution >= 4 is 11.4 Å². The molecule has 1 fully saturated rings. The van der Waals surface area contributed by atoms with Crippen LogP contribution in [0.1, 0.15) is 24.6 Å². The Kier molecular flexibility index (Phi) is 4.44. The number of rotatable bonds is 3. The lowest BCUT2D eigenvalue weighted by Crippen LogP contribution is -2.40. The molecule has 0 saturated carbocycles. The highest BCUT2D eigenvalue weighted by Gasteiger charge is 2.47. The summed E-state index contributed by atoms with van der Waals surface area (Å²) in [5.41, 5.74) is 2.73. The fourth-order valence-corrected chi connectivity index (χ4v) is 3.58. The molecule has 0 N–H and O–H groups in total. The van der Waals surface area contributed by atoms with Crippen LogP contribution < -0.4 is 4.74 Å². The molecule has 3 aromatic rings. The number of pyridine rings is 1. The summed E-state index contributed by atoms with van der Waals surface area (Å²) >= 11 is 0. The van der Waals surface area contributed by atoms with Gasteiger partial charge in [-0.25, -0.2) is 4.52 Å². The number of carbonyl (C=O) groups excluding carboxylic acids is 1. The molecule has 3 heterocycles. The highest BCUT2D eigenvalue weighted by Crippen LogP contribution is 2.36. The first-order valence-corrected chi connectivity index (χ1v) is 8.75. The second-order valence-electron chi connectivity index (χ2n) is 6.61. The van der Waals surface area contributed by atoms with Crippen molar-refractivity contribution in [1.29, 1.82) is 0 Å². The van der Waals surface area contributed by atoms with E-state index in [2.05, 4.69) is 10.3 Å². The first-order chi connectivity index (χ1) is 13.4. The molecule has 0 aliphatic carbocycles. The SMILES string of the molecule is COc1cccc(-c2ccc3c(C4CCCN4C(=O)C(F)(F)F)nnn3c2)c1. The second-order valence-corrected chi connectivity index (χ2v) is 6.61. The van der Waals surface area contributed by atoms with Crippen molar-refractivity contribution in [3.63, 3.8) is 0 Å². The number of methoxy groups -OCH3 is 1. The topological polar surface area (TPSA) is 59.7 Å². The van der Waals surface area contributed by atoms with E-state index in [1.165, 1.54) is 4.52 Å². The Hall–Kier alpha value is -3.10. The number of ether oxygens (including phenoxy) is 1. The molecular formula is C19H17F3N4O2. The lowest BCUT2D eigenvalue weighted by molar-refractivity contribution is -0.186. The monoisotopic (exact) mass is 390 g/mol. The number of aromatic nitrogens is 3. The third-order valence-electron chi connectivity index (χ3n) is 4.92. The third-order valence-corrected chi connectivity index (χ3v) is 4.92. The Morgan fingerprint density at radius 3 is 2.79 bits per heavy atom. The normalized spacial score (nSPS) is 17.3. The molecule has 0 bridgehead atoms. The van der Waals surface area contributed by atoms with Crippen LogP contribution in [0.25, 0.3) is 16.6 Å². The van der Waals surface area contributed by atoms with Crippen LogP contribution in [0.5, 0.6) is 5.75 Å². The first-order valence-electron chi connectivity index (χ1n) is 8.75. The van der Waals surface area contributed by atoms with E-state index in [0.717, 1.165) is 16.0 Å². The van der Waals surface area contributed by atoms with E-state index in [1.807, 2.05) is 30.3 Å². The molecule has 2 aromatic heterocycles.